The highest BCUT2D eigenvalue weighted by Gasteiger charge is 2.87. The maximum atomic E-state index is 15.4. The van der Waals surface area contributed by atoms with E-state index in [9.17, 15) is 4.79 Å². The van der Waals surface area contributed by atoms with Gasteiger partial charge in [-0.25, -0.2) is 4.39 Å². The zero-order valence-electron chi connectivity index (χ0n) is 27.1. The molecule has 1 aliphatic carbocycles. The molecule has 246 valence electrons. The summed E-state index contributed by atoms with van der Waals surface area (Å²) in [5.41, 5.74) is 7.34. The number of carbonyl (C=O) groups excluding carboxylic acids is 1. The number of fused-ring (bicyclic) bond motifs is 1. The Balaban J connectivity index is 1.13. The third kappa shape index (κ3) is 5.01. The third-order valence-electron chi connectivity index (χ3n) is 13.2. The lowest BCUT2D eigenvalue weighted by molar-refractivity contribution is -0.874. The summed E-state index contributed by atoms with van der Waals surface area (Å²) in [7, 11) is 0. The van der Waals surface area contributed by atoms with E-state index in [1.54, 1.807) is 0 Å². The number of nitrogens with two attached hydrogens (primary N) is 1. The first kappa shape index (κ1) is 31.2. The minimum absolute atomic E-state index is 0.0118. The molecule has 0 radical (unpaired) electrons. The van der Waals surface area contributed by atoms with E-state index in [1.807, 2.05) is 6.21 Å². The van der Waals surface area contributed by atoms with Crippen molar-refractivity contribution >= 4 is 12.1 Å². The second-order valence-electron chi connectivity index (χ2n) is 15.1. The molecule has 0 aromatic rings. The molecule has 1 amide bonds. The van der Waals surface area contributed by atoms with Crippen LogP contribution in [0.4, 0.5) is 4.39 Å². The van der Waals surface area contributed by atoms with Crippen molar-refractivity contribution in [2.24, 2.45) is 28.5 Å². The number of halogens is 1. The van der Waals surface area contributed by atoms with E-state index < -0.39 is 12.1 Å². The second-order valence-corrected chi connectivity index (χ2v) is 15.1. The highest BCUT2D eigenvalue weighted by atomic mass is 19.1. The van der Waals surface area contributed by atoms with Crippen molar-refractivity contribution < 1.29 is 18.4 Å². The van der Waals surface area contributed by atoms with Crippen LogP contribution >= 0.6 is 0 Å². The van der Waals surface area contributed by atoms with E-state index in [2.05, 4.69) is 46.4 Å². The summed E-state index contributed by atoms with van der Waals surface area (Å²) in [6, 6.07) is 0.796. The zero-order valence-corrected chi connectivity index (χ0v) is 27.1. The maximum Gasteiger partial charge on any atom is 0.232 e. The Morgan fingerprint density at radius 3 is 2.73 bits per heavy atom. The fraction of sp³-hybridized carbons (Fsp3) is 0.882. The summed E-state index contributed by atoms with van der Waals surface area (Å²) < 4.78 is 21.7. The molecular weight excluding hydrogens is 557 g/mol. The highest BCUT2D eigenvalue weighted by Crippen LogP contribution is 2.68. The summed E-state index contributed by atoms with van der Waals surface area (Å²) in [5.74, 6) is 0.326. The van der Waals surface area contributed by atoms with E-state index in [0.29, 0.717) is 35.3 Å². The molecule has 6 fully saturated rings. The van der Waals surface area contributed by atoms with Crippen molar-refractivity contribution in [2.45, 2.75) is 113 Å². The summed E-state index contributed by atoms with van der Waals surface area (Å²) in [5, 5.41) is 7.15. The van der Waals surface area contributed by atoms with Crippen LogP contribution < -0.4 is 16.4 Å². The molecule has 11 unspecified atom stereocenters. The summed E-state index contributed by atoms with van der Waals surface area (Å²) >= 11 is 0. The number of piperidine rings is 1. The van der Waals surface area contributed by atoms with Gasteiger partial charge in [-0.05, 0) is 44.6 Å². The lowest BCUT2D eigenvalue weighted by Crippen LogP contribution is -2.71. The Labute approximate surface area is 263 Å². The highest BCUT2D eigenvalue weighted by molar-refractivity contribution is 5.84. The number of amides is 1. The SMILES string of the molecule is C/C=C\C[N+]12C(N)C(C(=O)NC3C=NCC(C)C3N3CCN(C4CCOCC4)CC3)C3NCC(F)CC1C21CCCCCC31. The average Bonchev–Trinajstić information content (AvgIpc) is 3.66. The number of carbonyl (C=O) groups is 1. The first-order valence-electron chi connectivity index (χ1n) is 17.9. The van der Waals surface area contributed by atoms with Crippen molar-refractivity contribution in [3.05, 3.63) is 12.2 Å². The quantitative estimate of drug-likeness (QED) is 0.241. The number of nitrogens with zero attached hydrogens (tertiary/aromatic N) is 4. The van der Waals surface area contributed by atoms with Gasteiger partial charge >= 0.3 is 0 Å². The first-order valence-corrected chi connectivity index (χ1v) is 17.9. The molecule has 0 aromatic carbocycles. The van der Waals surface area contributed by atoms with Gasteiger partial charge in [-0.1, -0.05) is 25.8 Å². The molecule has 11 atom stereocenters. The predicted molar refractivity (Wildman–Crippen MR) is 171 cm³/mol. The number of allylic oxidation sites excluding steroid dienone is 1. The van der Waals surface area contributed by atoms with Crippen molar-refractivity contribution in [3.8, 4) is 0 Å². The summed E-state index contributed by atoms with van der Waals surface area (Å²) in [6.45, 7) is 12.1. The van der Waals surface area contributed by atoms with Crippen molar-refractivity contribution in [1.82, 2.24) is 20.4 Å². The van der Waals surface area contributed by atoms with Gasteiger partial charge in [0.2, 0.25) is 5.91 Å². The van der Waals surface area contributed by atoms with Crippen LogP contribution in [0.3, 0.4) is 0 Å². The van der Waals surface area contributed by atoms with Crippen LogP contribution in [0.1, 0.15) is 65.2 Å². The molecular formula is C34H57FN7O2+. The number of piperazine rings is 1. The molecule has 44 heavy (non-hydrogen) atoms. The van der Waals surface area contributed by atoms with Crippen LogP contribution in [0.25, 0.3) is 0 Å². The Bertz CT molecular complexity index is 1090. The van der Waals surface area contributed by atoms with Gasteiger partial charge in [0.15, 0.2) is 11.7 Å². The molecule has 10 heteroatoms. The number of ether oxygens (including phenoxy) is 1. The molecule has 5 saturated heterocycles. The fourth-order valence-electron chi connectivity index (χ4n) is 11.3. The summed E-state index contributed by atoms with van der Waals surface area (Å²) in [6.07, 6.45) is 13.6. The zero-order chi connectivity index (χ0) is 30.5. The van der Waals surface area contributed by atoms with Crippen molar-refractivity contribution in [2.75, 3.05) is 59.0 Å². The lowest BCUT2D eigenvalue weighted by Gasteiger charge is -2.49. The molecule has 4 N–H and O–H groups in total. The lowest BCUT2D eigenvalue weighted by atomic mass is 9.69. The van der Waals surface area contributed by atoms with Gasteiger partial charge in [0.1, 0.15) is 18.1 Å². The molecule has 7 rings (SSSR count). The van der Waals surface area contributed by atoms with E-state index in [1.165, 1.54) is 19.3 Å². The van der Waals surface area contributed by atoms with Crippen LogP contribution in [-0.2, 0) is 9.53 Å². The number of alkyl halides is 1. The van der Waals surface area contributed by atoms with Crippen LogP contribution in [0.5, 0.6) is 0 Å². The number of quaternary nitrogens is 1. The van der Waals surface area contributed by atoms with Crippen LogP contribution in [0.15, 0.2) is 17.1 Å². The van der Waals surface area contributed by atoms with Gasteiger partial charge in [-0.3, -0.25) is 29.8 Å². The van der Waals surface area contributed by atoms with Gasteiger partial charge in [0.25, 0.3) is 0 Å². The fourth-order valence-corrected chi connectivity index (χ4v) is 11.3. The van der Waals surface area contributed by atoms with E-state index in [4.69, 9.17) is 15.5 Å². The molecule has 7 aliphatic rings. The van der Waals surface area contributed by atoms with Crippen molar-refractivity contribution in [3.63, 3.8) is 0 Å². The van der Waals surface area contributed by atoms with Crippen molar-refractivity contribution in [1.29, 1.82) is 0 Å². The van der Waals surface area contributed by atoms with E-state index in [-0.39, 0.29) is 41.8 Å². The number of hydrogen-bond acceptors (Lipinski definition) is 7. The summed E-state index contributed by atoms with van der Waals surface area (Å²) in [4.78, 5) is 24.6. The maximum absolute atomic E-state index is 15.4. The Morgan fingerprint density at radius 1 is 1.18 bits per heavy atom. The largest absolute Gasteiger partial charge is 0.381 e. The molecule has 6 heterocycles. The standard InChI is InChI=1S/C34H56FN7O2/c1-3-4-16-42-28-19-24(35)21-38-30(26-8-6-5-7-11-34(26,28)42)29(32(42)36)33(43)39-27-22-37-20-23(2)31(27)41-14-12-40(13-15-41)25-9-17-44-18-10-25/h3-4,22-32,38H,5-21,36H2,1-2H3/p+1/b4-3-. The molecule has 0 aromatic heterocycles. The number of aliphatic imine (C=N–C) groups is 1. The van der Waals surface area contributed by atoms with Gasteiger partial charge < -0.3 is 15.4 Å². The Kier molecular flexibility index (Phi) is 8.96. The van der Waals surface area contributed by atoms with Gasteiger partial charge in [-0.2, -0.15) is 0 Å². The average molecular weight is 615 g/mol. The predicted octanol–water partition coefficient (Wildman–Crippen LogP) is 2.07. The molecule has 1 saturated carbocycles. The Morgan fingerprint density at radius 2 is 1.95 bits per heavy atom. The van der Waals surface area contributed by atoms with E-state index in [0.717, 1.165) is 78.2 Å². The first-order chi connectivity index (χ1) is 21.4. The van der Waals surface area contributed by atoms with Gasteiger partial charge in [0.05, 0.1) is 12.6 Å². The van der Waals surface area contributed by atoms with Gasteiger partial charge in [0, 0.05) is 95.6 Å². The molecule has 2 bridgehead atoms. The van der Waals surface area contributed by atoms with Crippen LogP contribution in [0, 0.1) is 17.8 Å². The normalized spacial score (nSPS) is 47.0. The number of rotatable bonds is 6. The van der Waals surface area contributed by atoms with E-state index >= 15 is 4.39 Å². The second kappa shape index (κ2) is 12.6. The van der Waals surface area contributed by atoms with Gasteiger partial charge in [-0.15, -0.1) is 0 Å². The number of hydrogen-bond donors (Lipinski definition) is 3. The number of nitrogens with one attached hydrogen (secondary N) is 2. The molecule has 6 aliphatic heterocycles. The minimum Gasteiger partial charge on any atom is -0.381 e. The van der Waals surface area contributed by atoms with Crippen LogP contribution in [0.2, 0.25) is 0 Å². The third-order valence-corrected chi connectivity index (χ3v) is 13.2. The molecule has 9 nitrogen and oxygen atoms in total. The molecule has 1 spiro atoms. The smallest absolute Gasteiger partial charge is 0.232 e. The topological polar surface area (TPSA) is 95.2 Å². The monoisotopic (exact) mass is 614 g/mol. The minimum atomic E-state index is -0.904. The van der Waals surface area contributed by atoms with Crippen LogP contribution in [-0.4, -0.2) is 134 Å². The Hall–Kier alpha value is -1.43.